The second-order valence-electron chi connectivity index (χ2n) is 8.54. The van der Waals surface area contributed by atoms with Gasteiger partial charge in [0.2, 0.25) is 11.8 Å². The van der Waals surface area contributed by atoms with Crippen molar-refractivity contribution in [2.24, 2.45) is 5.92 Å². The van der Waals surface area contributed by atoms with Gasteiger partial charge in [-0.1, -0.05) is 42.1 Å². The Labute approximate surface area is 195 Å². The Kier molecular flexibility index (Phi) is 9.05. The largest absolute Gasteiger partial charge is 0.342 e. The fraction of sp³-hybridized carbons (Fsp3) is 0.500. The first kappa shape index (κ1) is 24.2. The second kappa shape index (κ2) is 12.0. The van der Waals surface area contributed by atoms with Gasteiger partial charge in [-0.2, -0.15) is 0 Å². The summed E-state index contributed by atoms with van der Waals surface area (Å²) in [7, 11) is 5.76. The van der Waals surface area contributed by atoms with Crippen LogP contribution in [0.2, 0.25) is 0 Å². The highest BCUT2D eigenvalue weighted by Gasteiger charge is 2.32. The lowest BCUT2D eigenvalue weighted by molar-refractivity contribution is -0.135. The number of benzene rings is 1. The maximum atomic E-state index is 12.8. The molecule has 172 valence electrons. The van der Waals surface area contributed by atoms with Gasteiger partial charge in [0.15, 0.2) is 5.16 Å². The Hall–Kier alpha value is -2.45. The molecule has 1 aromatic heterocycles. The van der Waals surface area contributed by atoms with Crippen molar-refractivity contribution in [3.63, 3.8) is 0 Å². The van der Waals surface area contributed by atoms with Crippen molar-refractivity contribution in [2.45, 2.75) is 30.5 Å². The van der Waals surface area contributed by atoms with Crippen LogP contribution in [0.5, 0.6) is 0 Å². The van der Waals surface area contributed by atoms with Crippen molar-refractivity contribution in [1.82, 2.24) is 24.7 Å². The molecule has 2 heterocycles. The van der Waals surface area contributed by atoms with E-state index < -0.39 is 0 Å². The third-order valence-electron chi connectivity index (χ3n) is 5.93. The van der Waals surface area contributed by atoms with E-state index in [1.54, 1.807) is 18.5 Å². The molecule has 1 saturated heterocycles. The Balaban J connectivity index is 1.60. The van der Waals surface area contributed by atoms with E-state index in [4.69, 9.17) is 0 Å². The van der Waals surface area contributed by atoms with Crippen LogP contribution >= 0.6 is 11.8 Å². The summed E-state index contributed by atoms with van der Waals surface area (Å²) < 4.78 is 0. The Bertz CT molecular complexity index is 857. The smallest absolute Gasteiger partial charge is 0.236 e. The number of amides is 2. The number of nitrogens with zero attached hydrogens (tertiary/aromatic N) is 5. The van der Waals surface area contributed by atoms with Crippen molar-refractivity contribution in [2.75, 3.05) is 46.5 Å². The molecule has 32 heavy (non-hydrogen) atoms. The van der Waals surface area contributed by atoms with E-state index in [1.807, 2.05) is 54.0 Å². The van der Waals surface area contributed by atoms with Gasteiger partial charge in [-0.05, 0) is 50.9 Å². The number of carbonyl (C=O) groups is 2. The van der Waals surface area contributed by atoms with E-state index in [-0.39, 0.29) is 17.9 Å². The molecular formula is C24H33N5O2S. The minimum absolute atomic E-state index is 0.120. The first-order chi connectivity index (χ1) is 15.4. The molecule has 0 aliphatic carbocycles. The van der Waals surface area contributed by atoms with Crippen LogP contribution in [-0.2, 0) is 16.0 Å². The van der Waals surface area contributed by atoms with Gasteiger partial charge in [-0.3, -0.25) is 9.59 Å². The lowest BCUT2D eigenvalue weighted by atomic mass is 9.85. The van der Waals surface area contributed by atoms with Gasteiger partial charge in [0.25, 0.3) is 0 Å². The van der Waals surface area contributed by atoms with Crippen LogP contribution in [-0.4, -0.2) is 89.1 Å². The summed E-state index contributed by atoms with van der Waals surface area (Å²) in [6.07, 6.45) is 6.00. The number of hydrogen-bond acceptors (Lipinski definition) is 6. The monoisotopic (exact) mass is 455 g/mol. The molecule has 2 amide bonds. The molecule has 3 rings (SSSR count). The molecule has 2 aromatic rings. The molecule has 1 aromatic carbocycles. The third-order valence-corrected chi connectivity index (χ3v) is 6.79. The Morgan fingerprint density at radius 2 is 1.72 bits per heavy atom. The van der Waals surface area contributed by atoms with E-state index in [9.17, 15) is 9.59 Å². The highest BCUT2D eigenvalue weighted by atomic mass is 32.2. The summed E-state index contributed by atoms with van der Waals surface area (Å²) in [5.41, 5.74) is 1.24. The average Bonchev–Trinajstić information content (AvgIpc) is 2.81. The predicted molar refractivity (Wildman–Crippen MR) is 127 cm³/mol. The molecule has 0 bridgehead atoms. The number of thioether (sulfide) groups is 1. The van der Waals surface area contributed by atoms with Crippen molar-refractivity contribution in [1.29, 1.82) is 0 Å². The van der Waals surface area contributed by atoms with Gasteiger partial charge in [-0.15, -0.1) is 0 Å². The van der Waals surface area contributed by atoms with Gasteiger partial charge < -0.3 is 14.7 Å². The first-order valence-corrected chi connectivity index (χ1v) is 12.0. The molecular weight excluding hydrogens is 422 g/mol. The zero-order chi connectivity index (χ0) is 22.9. The maximum Gasteiger partial charge on any atom is 0.236 e. The fourth-order valence-corrected chi connectivity index (χ4v) is 4.86. The number of carbonyl (C=O) groups excluding carboxylic acids is 2. The van der Waals surface area contributed by atoms with E-state index in [2.05, 4.69) is 22.1 Å². The highest BCUT2D eigenvalue weighted by Crippen LogP contribution is 2.27. The summed E-state index contributed by atoms with van der Waals surface area (Å²) in [6.45, 7) is 1.85. The minimum Gasteiger partial charge on any atom is -0.342 e. The molecule has 1 aliphatic rings. The maximum absolute atomic E-state index is 12.8. The van der Waals surface area contributed by atoms with Gasteiger partial charge in [0.05, 0.1) is 12.3 Å². The molecule has 8 heteroatoms. The van der Waals surface area contributed by atoms with E-state index in [0.29, 0.717) is 23.4 Å². The number of hydrogen-bond donors (Lipinski definition) is 0. The number of rotatable bonds is 9. The molecule has 0 spiro atoms. The topological polar surface area (TPSA) is 69.6 Å². The minimum atomic E-state index is 0.120. The number of piperidine rings is 1. The summed E-state index contributed by atoms with van der Waals surface area (Å²) >= 11 is 1.37. The Morgan fingerprint density at radius 3 is 2.34 bits per heavy atom. The summed E-state index contributed by atoms with van der Waals surface area (Å²) in [6, 6.07) is 12.2. The lowest BCUT2D eigenvalue weighted by Crippen LogP contribution is -2.50. The number of likely N-dealkylation sites (N-methyl/N-ethyl adjacent to an activating group) is 2. The zero-order valence-electron chi connectivity index (χ0n) is 19.2. The Morgan fingerprint density at radius 1 is 1.06 bits per heavy atom. The quantitative estimate of drug-likeness (QED) is 0.427. The molecule has 0 unspecified atom stereocenters. The third kappa shape index (κ3) is 7.03. The summed E-state index contributed by atoms with van der Waals surface area (Å²) in [5, 5.41) is 0.625. The molecule has 0 saturated carbocycles. The van der Waals surface area contributed by atoms with Crippen LogP contribution in [0.3, 0.4) is 0 Å². The average molecular weight is 456 g/mol. The van der Waals surface area contributed by atoms with Gasteiger partial charge in [0, 0.05) is 38.6 Å². The molecule has 0 N–H and O–H groups in total. The second-order valence-corrected chi connectivity index (χ2v) is 9.48. The van der Waals surface area contributed by atoms with E-state index >= 15 is 0 Å². The van der Waals surface area contributed by atoms with Crippen LogP contribution in [0, 0.1) is 5.92 Å². The van der Waals surface area contributed by atoms with Gasteiger partial charge in [-0.25, -0.2) is 9.97 Å². The standard InChI is InChI=1S/C24H33N5O2S/c1-27(2)17-22(30)28(3)21(16-19-8-5-4-6-9-19)20-10-14-29(15-11-20)23(31)18-32-24-25-12-7-13-26-24/h4-9,12-13,20-21H,10-11,14-18H2,1-3H3/t21-/m1/s1. The normalized spacial score (nSPS) is 15.6. The predicted octanol–water partition coefficient (Wildman–Crippen LogP) is 2.44. The summed E-state index contributed by atoms with van der Waals surface area (Å²) in [4.78, 5) is 39.6. The highest BCUT2D eigenvalue weighted by molar-refractivity contribution is 7.99. The SMILES string of the molecule is CN(C)CC(=O)N(C)[C@H](Cc1ccccc1)C1CCN(C(=O)CSc2ncccn2)CC1. The molecule has 1 fully saturated rings. The van der Waals surface area contributed by atoms with E-state index in [1.165, 1.54) is 17.3 Å². The zero-order valence-corrected chi connectivity index (χ0v) is 20.0. The molecule has 1 aliphatic heterocycles. The first-order valence-electron chi connectivity index (χ1n) is 11.1. The molecule has 7 nitrogen and oxygen atoms in total. The van der Waals surface area contributed by atoms with Crippen molar-refractivity contribution >= 4 is 23.6 Å². The van der Waals surface area contributed by atoms with Crippen LogP contribution < -0.4 is 0 Å². The lowest BCUT2D eigenvalue weighted by Gasteiger charge is -2.40. The van der Waals surface area contributed by atoms with Gasteiger partial charge in [0.1, 0.15) is 0 Å². The molecule has 1 atom stereocenters. The van der Waals surface area contributed by atoms with Gasteiger partial charge >= 0.3 is 0 Å². The van der Waals surface area contributed by atoms with Crippen LogP contribution in [0.15, 0.2) is 53.9 Å². The van der Waals surface area contributed by atoms with E-state index in [0.717, 1.165) is 32.4 Å². The van der Waals surface area contributed by atoms with Crippen LogP contribution in [0.4, 0.5) is 0 Å². The van der Waals surface area contributed by atoms with Crippen molar-refractivity contribution in [3.05, 3.63) is 54.4 Å². The fourth-order valence-electron chi connectivity index (χ4n) is 4.15. The van der Waals surface area contributed by atoms with Crippen molar-refractivity contribution < 1.29 is 9.59 Å². The number of likely N-dealkylation sites (tertiary alicyclic amines) is 1. The molecule has 0 radical (unpaired) electrons. The van der Waals surface area contributed by atoms with Crippen LogP contribution in [0.25, 0.3) is 0 Å². The van der Waals surface area contributed by atoms with Crippen LogP contribution in [0.1, 0.15) is 18.4 Å². The van der Waals surface area contributed by atoms with Crippen molar-refractivity contribution in [3.8, 4) is 0 Å². The number of aromatic nitrogens is 2. The summed E-state index contributed by atoms with van der Waals surface area (Å²) in [5.74, 6) is 0.968.